The van der Waals surface area contributed by atoms with Crippen molar-refractivity contribution in [1.29, 1.82) is 0 Å². The van der Waals surface area contributed by atoms with E-state index in [1.807, 2.05) is 40.1 Å². The standard InChI is InChI=1S/C21H32N4O2.2ClH/c22-19(16-18-8-4-3-5-9-18)21(27)25-14-12-23(13-15-25)17-20(26)24-10-6-1-2-7-11-24;;/h3-5,8-9,19H,1-2,6-7,10-17,22H2;2*1H. The Morgan fingerprint density at radius 1 is 0.828 bits per heavy atom. The summed E-state index contributed by atoms with van der Waals surface area (Å²) in [5.41, 5.74) is 7.23. The number of hydrogen-bond acceptors (Lipinski definition) is 4. The van der Waals surface area contributed by atoms with E-state index in [0.717, 1.165) is 44.6 Å². The average Bonchev–Trinajstić information content (AvgIpc) is 2.98. The van der Waals surface area contributed by atoms with E-state index in [-0.39, 0.29) is 36.6 Å². The van der Waals surface area contributed by atoms with Crippen molar-refractivity contribution in [2.75, 3.05) is 45.8 Å². The van der Waals surface area contributed by atoms with E-state index in [4.69, 9.17) is 5.73 Å². The van der Waals surface area contributed by atoms with Gasteiger partial charge in [0.05, 0.1) is 12.6 Å². The molecule has 164 valence electrons. The van der Waals surface area contributed by atoms with E-state index < -0.39 is 6.04 Å². The Balaban J connectivity index is 0.00000210. The molecular formula is C21H34Cl2N4O2. The zero-order valence-electron chi connectivity index (χ0n) is 17.0. The molecule has 3 rings (SSSR count). The van der Waals surface area contributed by atoms with Crippen LogP contribution in [-0.4, -0.2) is 78.4 Å². The Labute approximate surface area is 186 Å². The molecule has 0 spiro atoms. The van der Waals surface area contributed by atoms with Crippen LogP contribution in [0.5, 0.6) is 0 Å². The number of amides is 2. The fourth-order valence-corrected chi connectivity index (χ4v) is 3.93. The minimum atomic E-state index is -0.502. The van der Waals surface area contributed by atoms with Gasteiger partial charge in [-0.3, -0.25) is 14.5 Å². The fourth-order valence-electron chi connectivity index (χ4n) is 3.93. The first-order valence-electron chi connectivity index (χ1n) is 10.2. The molecule has 2 aliphatic heterocycles. The number of carbonyl (C=O) groups excluding carboxylic acids is 2. The lowest BCUT2D eigenvalue weighted by Crippen LogP contribution is -2.55. The van der Waals surface area contributed by atoms with Crippen molar-refractivity contribution >= 4 is 36.6 Å². The van der Waals surface area contributed by atoms with E-state index >= 15 is 0 Å². The van der Waals surface area contributed by atoms with Gasteiger partial charge in [0.2, 0.25) is 11.8 Å². The molecule has 0 aromatic heterocycles. The molecule has 1 atom stereocenters. The minimum absolute atomic E-state index is 0. The number of carbonyl (C=O) groups is 2. The van der Waals surface area contributed by atoms with Crippen LogP contribution in [0.4, 0.5) is 0 Å². The summed E-state index contributed by atoms with van der Waals surface area (Å²) in [5, 5.41) is 0. The van der Waals surface area contributed by atoms with Crippen molar-refractivity contribution in [3.8, 4) is 0 Å². The van der Waals surface area contributed by atoms with Gasteiger partial charge in [-0.15, -0.1) is 24.8 Å². The molecule has 0 aliphatic carbocycles. The average molecular weight is 445 g/mol. The van der Waals surface area contributed by atoms with Gasteiger partial charge >= 0.3 is 0 Å². The van der Waals surface area contributed by atoms with Crippen LogP contribution in [0.3, 0.4) is 0 Å². The third-order valence-corrected chi connectivity index (χ3v) is 5.62. The maximum absolute atomic E-state index is 12.6. The predicted octanol–water partition coefficient (Wildman–Crippen LogP) is 1.95. The summed E-state index contributed by atoms with van der Waals surface area (Å²) in [6.07, 6.45) is 5.26. The van der Waals surface area contributed by atoms with Crippen LogP contribution in [0.15, 0.2) is 30.3 Å². The molecule has 0 radical (unpaired) electrons. The Hall–Kier alpha value is -1.34. The predicted molar refractivity (Wildman–Crippen MR) is 121 cm³/mol. The van der Waals surface area contributed by atoms with Crippen molar-refractivity contribution in [1.82, 2.24) is 14.7 Å². The number of rotatable bonds is 5. The Bertz CT molecular complexity index is 616. The largest absolute Gasteiger partial charge is 0.342 e. The highest BCUT2D eigenvalue weighted by molar-refractivity contribution is 5.85. The maximum Gasteiger partial charge on any atom is 0.239 e. The molecule has 2 aliphatic rings. The molecule has 0 bridgehead atoms. The SMILES string of the molecule is Cl.Cl.NC(Cc1ccccc1)C(=O)N1CCN(CC(=O)N2CCCCCC2)CC1. The Morgan fingerprint density at radius 2 is 1.41 bits per heavy atom. The van der Waals surface area contributed by atoms with Crippen LogP contribution < -0.4 is 5.73 Å². The molecule has 6 nitrogen and oxygen atoms in total. The number of hydrogen-bond donors (Lipinski definition) is 1. The lowest BCUT2D eigenvalue weighted by molar-refractivity contribution is -0.136. The molecule has 2 heterocycles. The molecule has 1 aromatic carbocycles. The fraction of sp³-hybridized carbons (Fsp3) is 0.619. The lowest BCUT2D eigenvalue weighted by atomic mass is 10.1. The van der Waals surface area contributed by atoms with Crippen LogP contribution in [0.2, 0.25) is 0 Å². The molecular weight excluding hydrogens is 411 g/mol. The first-order chi connectivity index (χ1) is 13.1. The van der Waals surface area contributed by atoms with Gasteiger partial charge in [-0.1, -0.05) is 43.2 Å². The second kappa shape index (κ2) is 13.1. The Kier molecular flexibility index (Phi) is 11.6. The summed E-state index contributed by atoms with van der Waals surface area (Å²) in [5.74, 6) is 0.245. The van der Waals surface area contributed by atoms with Crippen LogP contribution in [0.1, 0.15) is 31.2 Å². The van der Waals surface area contributed by atoms with Crippen molar-refractivity contribution in [2.45, 2.75) is 38.1 Å². The number of nitrogens with zero attached hydrogens (tertiary/aromatic N) is 3. The smallest absolute Gasteiger partial charge is 0.239 e. The van der Waals surface area contributed by atoms with Gasteiger partial charge in [0.1, 0.15) is 0 Å². The highest BCUT2D eigenvalue weighted by Gasteiger charge is 2.27. The van der Waals surface area contributed by atoms with Gasteiger partial charge in [0.15, 0.2) is 0 Å². The molecule has 1 unspecified atom stereocenters. The molecule has 2 N–H and O–H groups in total. The molecule has 0 saturated carbocycles. The molecule has 2 amide bonds. The quantitative estimate of drug-likeness (QED) is 0.752. The monoisotopic (exact) mass is 444 g/mol. The summed E-state index contributed by atoms with van der Waals surface area (Å²) >= 11 is 0. The number of benzene rings is 1. The van der Waals surface area contributed by atoms with Gasteiger partial charge in [-0.2, -0.15) is 0 Å². The second-order valence-electron chi connectivity index (χ2n) is 7.69. The number of halogens is 2. The third kappa shape index (κ3) is 7.78. The third-order valence-electron chi connectivity index (χ3n) is 5.62. The van der Waals surface area contributed by atoms with Crippen molar-refractivity contribution < 1.29 is 9.59 Å². The van der Waals surface area contributed by atoms with Crippen molar-refractivity contribution in [2.24, 2.45) is 5.73 Å². The van der Waals surface area contributed by atoms with E-state index in [9.17, 15) is 9.59 Å². The first-order valence-corrected chi connectivity index (χ1v) is 10.2. The van der Waals surface area contributed by atoms with Crippen LogP contribution >= 0.6 is 24.8 Å². The summed E-state index contributed by atoms with van der Waals surface area (Å²) in [7, 11) is 0. The maximum atomic E-state index is 12.6. The normalized spacial score (nSPS) is 18.8. The number of nitrogens with two attached hydrogens (primary N) is 1. The van der Waals surface area contributed by atoms with E-state index in [0.29, 0.717) is 26.1 Å². The van der Waals surface area contributed by atoms with Gasteiger partial charge in [-0.05, 0) is 24.8 Å². The zero-order chi connectivity index (χ0) is 19.1. The Morgan fingerprint density at radius 3 is 2.00 bits per heavy atom. The van der Waals surface area contributed by atoms with Crippen LogP contribution in [0, 0.1) is 0 Å². The van der Waals surface area contributed by atoms with Crippen LogP contribution in [0.25, 0.3) is 0 Å². The van der Waals surface area contributed by atoms with Gasteiger partial charge in [0, 0.05) is 39.3 Å². The first kappa shape index (κ1) is 25.7. The highest BCUT2D eigenvalue weighted by atomic mass is 35.5. The van der Waals surface area contributed by atoms with Gasteiger partial charge in [0.25, 0.3) is 0 Å². The molecule has 1 aromatic rings. The molecule has 8 heteroatoms. The molecule has 29 heavy (non-hydrogen) atoms. The number of piperazine rings is 1. The summed E-state index contributed by atoms with van der Waals surface area (Å²) in [4.78, 5) is 31.2. The lowest BCUT2D eigenvalue weighted by Gasteiger charge is -2.36. The highest BCUT2D eigenvalue weighted by Crippen LogP contribution is 2.11. The van der Waals surface area contributed by atoms with E-state index in [2.05, 4.69) is 4.90 Å². The molecule has 2 saturated heterocycles. The van der Waals surface area contributed by atoms with E-state index in [1.54, 1.807) is 0 Å². The van der Waals surface area contributed by atoms with Crippen molar-refractivity contribution in [3.05, 3.63) is 35.9 Å². The number of likely N-dealkylation sites (tertiary alicyclic amines) is 1. The van der Waals surface area contributed by atoms with Crippen LogP contribution in [-0.2, 0) is 16.0 Å². The summed E-state index contributed by atoms with van der Waals surface area (Å²) < 4.78 is 0. The second-order valence-corrected chi connectivity index (χ2v) is 7.69. The topological polar surface area (TPSA) is 69.9 Å². The zero-order valence-corrected chi connectivity index (χ0v) is 18.6. The summed E-state index contributed by atoms with van der Waals surface area (Å²) in [6.45, 7) is 5.03. The molecule has 2 fully saturated rings. The van der Waals surface area contributed by atoms with E-state index in [1.165, 1.54) is 12.8 Å². The van der Waals surface area contributed by atoms with Crippen molar-refractivity contribution in [3.63, 3.8) is 0 Å². The minimum Gasteiger partial charge on any atom is -0.342 e. The summed E-state index contributed by atoms with van der Waals surface area (Å²) in [6, 6.07) is 9.39. The van der Waals surface area contributed by atoms with Gasteiger partial charge < -0.3 is 15.5 Å². The van der Waals surface area contributed by atoms with Gasteiger partial charge in [-0.25, -0.2) is 0 Å².